The molecule has 1 fully saturated rings. The Labute approximate surface area is 139 Å². The summed E-state index contributed by atoms with van der Waals surface area (Å²) in [6, 6.07) is 5.73. The molecule has 7 heteroatoms. The van der Waals surface area contributed by atoms with Gasteiger partial charge in [-0.25, -0.2) is 14.5 Å². The average molecular weight is 325 g/mol. The van der Waals surface area contributed by atoms with Gasteiger partial charge in [-0.2, -0.15) is 5.10 Å². The Bertz CT molecular complexity index is 901. The summed E-state index contributed by atoms with van der Waals surface area (Å²) in [7, 11) is 5.12. The van der Waals surface area contributed by atoms with Gasteiger partial charge in [0, 0.05) is 19.0 Å². The first-order valence-electron chi connectivity index (χ1n) is 7.91. The van der Waals surface area contributed by atoms with E-state index in [1.165, 1.54) is 0 Å². The lowest BCUT2D eigenvalue weighted by molar-refractivity contribution is 0.405. The van der Waals surface area contributed by atoms with E-state index in [2.05, 4.69) is 15.3 Å². The van der Waals surface area contributed by atoms with Gasteiger partial charge in [0.15, 0.2) is 17.2 Å². The van der Waals surface area contributed by atoms with Crippen molar-refractivity contribution in [3.8, 4) is 22.9 Å². The Morgan fingerprint density at radius 2 is 1.96 bits per heavy atom. The second-order valence-electron chi connectivity index (χ2n) is 5.78. The molecule has 3 aromatic heterocycles. The molecule has 124 valence electrons. The lowest BCUT2D eigenvalue weighted by atomic mass is 10.2. The third kappa shape index (κ3) is 2.33. The van der Waals surface area contributed by atoms with Gasteiger partial charge in [0.2, 0.25) is 0 Å². The Morgan fingerprint density at radius 3 is 2.62 bits per heavy atom. The molecular formula is C17H19N5O2. The third-order valence-corrected chi connectivity index (χ3v) is 4.25. The zero-order valence-corrected chi connectivity index (χ0v) is 13.9. The number of hydrogen-bond donors (Lipinski definition) is 1. The monoisotopic (exact) mass is 325 g/mol. The highest BCUT2D eigenvalue weighted by molar-refractivity contribution is 5.65. The van der Waals surface area contributed by atoms with Crippen molar-refractivity contribution in [2.24, 2.45) is 0 Å². The molecule has 1 aliphatic rings. The molecule has 0 aliphatic heterocycles. The molecule has 1 saturated carbocycles. The summed E-state index contributed by atoms with van der Waals surface area (Å²) in [5.41, 5.74) is 3.36. The van der Waals surface area contributed by atoms with Gasteiger partial charge in [-0.1, -0.05) is 0 Å². The van der Waals surface area contributed by atoms with Crippen molar-refractivity contribution in [2.75, 3.05) is 26.6 Å². The molecular weight excluding hydrogens is 306 g/mol. The molecule has 1 aliphatic carbocycles. The first-order chi connectivity index (χ1) is 11.7. The minimum absolute atomic E-state index is 0.483. The zero-order chi connectivity index (χ0) is 16.7. The largest absolute Gasteiger partial charge is 0.495 e. The number of fused-ring (bicyclic) bond motifs is 1. The first-order valence-corrected chi connectivity index (χ1v) is 7.91. The second-order valence-corrected chi connectivity index (χ2v) is 5.78. The van der Waals surface area contributed by atoms with Gasteiger partial charge in [0.25, 0.3) is 0 Å². The van der Waals surface area contributed by atoms with Gasteiger partial charge in [0.1, 0.15) is 17.1 Å². The maximum atomic E-state index is 5.48. The van der Waals surface area contributed by atoms with E-state index in [1.54, 1.807) is 20.4 Å². The first kappa shape index (κ1) is 14.7. The van der Waals surface area contributed by atoms with Crippen LogP contribution >= 0.6 is 0 Å². The summed E-state index contributed by atoms with van der Waals surface area (Å²) in [5, 5.41) is 7.83. The van der Waals surface area contributed by atoms with Crippen molar-refractivity contribution in [1.29, 1.82) is 0 Å². The van der Waals surface area contributed by atoms with E-state index in [1.807, 2.05) is 29.8 Å². The predicted octanol–water partition coefficient (Wildman–Crippen LogP) is 2.73. The average Bonchev–Trinajstić information content (AvgIpc) is 3.39. The van der Waals surface area contributed by atoms with E-state index < -0.39 is 0 Å². The van der Waals surface area contributed by atoms with Crippen LogP contribution < -0.4 is 14.8 Å². The van der Waals surface area contributed by atoms with Gasteiger partial charge in [-0.05, 0) is 25.0 Å². The summed E-state index contributed by atoms with van der Waals surface area (Å²) in [6.07, 6.45) is 4.10. The molecule has 0 atom stereocenters. The molecule has 0 bridgehead atoms. The maximum Gasteiger partial charge on any atom is 0.169 e. The van der Waals surface area contributed by atoms with Gasteiger partial charge >= 0.3 is 0 Å². The van der Waals surface area contributed by atoms with Crippen LogP contribution in [0.15, 0.2) is 24.4 Å². The van der Waals surface area contributed by atoms with E-state index in [9.17, 15) is 0 Å². The summed E-state index contributed by atoms with van der Waals surface area (Å²) in [6.45, 7) is 0. The molecule has 0 unspecified atom stereocenters. The minimum Gasteiger partial charge on any atom is -0.495 e. The van der Waals surface area contributed by atoms with E-state index in [0.29, 0.717) is 17.5 Å². The second kappa shape index (κ2) is 5.67. The molecule has 0 aromatic carbocycles. The van der Waals surface area contributed by atoms with Crippen LogP contribution in [0, 0.1) is 0 Å². The summed E-state index contributed by atoms with van der Waals surface area (Å²) in [4.78, 5) is 9.07. The topological polar surface area (TPSA) is 73.6 Å². The molecule has 0 spiro atoms. The lowest BCUT2D eigenvalue weighted by Crippen LogP contribution is -2.03. The number of aromatic nitrogens is 4. The Balaban J connectivity index is 1.86. The van der Waals surface area contributed by atoms with Crippen LogP contribution in [0.25, 0.3) is 17.0 Å². The van der Waals surface area contributed by atoms with Crippen LogP contribution in [0.1, 0.15) is 24.5 Å². The molecule has 1 N–H and O–H groups in total. The Morgan fingerprint density at radius 1 is 1.17 bits per heavy atom. The Hall–Kier alpha value is -2.83. The van der Waals surface area contributed by atoms with Crippen LogP contribution in [0.4, 0.5) is 5.82 Å². The van der Waals surface area contributed by atoms with Crippen molar-refractivity contribution in [1.82, 2.24) is 19.6 Å². The number of methoxy groups -OCH3 is 2. The summed E-state index contributed by atoms with van der Waals surface area (Å²) in [5.74, 6) is 2.67. The Kier molecular flexibility index (Phi) is 3.48. The third-order valence-electron chi connectivity index (χ3n) is 4.25. The zero-order valence-electron chi connectivity index (χ0n) is 13.9. The number of imidazole rings is 1. The van der Waals surface area contributed by atoms with Gasteiger partial charge in [0.05, 0.1) is 26.1 Å². The number of anilines is 1. The van der Waals surface area contributed by atoms with Gasteiger partial charge < -0.3 is 14.8 Å². The number of rotatable bonds is 5. The highest BCUT2D eigenvalue weighted by Gasteiger charge is 2.29. The number of ether oxygens (including phenoxy) is 2. The fourth-order valence-electron chi connectivity index (χ4n) is 2.82. The van der Waals surface area contributed by atoms with Crippen molar-refractivity contribution in [3.63, 3.8) is 0 Å². The molecule has 24 heavy (non-hydrogen) atoms. The smallest absolute Gasteiger partial charge is 0.169 e. The maximum absolute atomic E-state index is 5.48. The fourth-order valence-corrected chi connectivity index (χ4v) is 2.82. The summed E-state index contributed by atoms with van der Waals surface area (Å²) >= 11 is 0. The summed E-state index contributed by atoms with van der Waals surface area (Å²) < 4.78 is 12.6. The number of nitrogens with one attached hydrogen (secondary N) is 1. The van der Waals surface area contributed by atoms with Crippen LogP contribution in [-0.4, -0.2) is 40.8 Å². The fraction of sp³-hybridized carbons (Fsp3) is 0.353. The molecule has 0 radical (unpaired) electrons. The van der Waals surface area contributed by atoms with E-state index in [4.69, 9.17) is 14.6 Å². The molecule has 0 amide bonds. The van der Waals surface area contributed by atoms with E-state index in [0.717, 1.165) is 41.3 Å². The van der Waals surface area contributed by atoms with E-state index >= 15 is 0 Å². The number of pyridine rings is 1. The minimum atomic E-state index is 0.483. The highest BCUT2D eigenvalue weighted by Crippen LogP contribution is 2.43. The number of nitrogens with zero attached hydrogens (tertiary/aromatic N) is 4. The van der Waals surface area contributed by atoms with Crippen molar-refractivity contribution >= 4 is 11.5 Å². The van der Waals surface area contributed by atoms with Crippen LogP contribution in [0.2, 0.25) is 0 Å². The normalized spacial score (nSPS) is 14.0. The SMILES string of the molecule is CNc1nc(-c2cnc3cc(OC)c(C4CC4)nn23)ccc1OC. The van der Waals surface area contributed by atoms with Crippen LogP contribution in [-0.2, 0) is 0 Å². The van der Waals surface area contributed by atoms with Crippen molar-refractivity contribution < 1.29 is 9.47 Å². The number of hydrogen-bond acceptors (Lipinski definition) is 6. The lowest BCUT2D eigenvalue weighted by Gasteiger charge is -2.10. The van der Waals surface area contributed by atoms with Gasteiger partial charge in [-0.15, -0.1) is 0 Å². The van der Waals surface area contributed by atoms with Gasteiger partial charge in [-0.3, -0.25) is 0 Å². The standard InChI is InChI=1S/C17H19N5O2/c1-18-17-13(23-2)7-6-11(20-17)12-9-19-15-8-14(24-3)16(10-4-5-10)21-22(12)15/h6-10H,4-5H2,1-3H3,(H,18,20). The molecule has 7 nitrogen and oxygen atoms in total. The van der Waals surface area contributed by atoms with Crippen LogP contribution in [0.5, 0.6) is 11.5 Å². The predicted molar refractivity (Wildman–Crippen MR) is 90.8 cm³/mol. The highest BCUT2D eigenvalue weighted by atomic mass is 16.5. The molecule has 4 rings (SSSR count). The van der Waals surface area contributed by atoms with E-state index in [-0.39, 0.29) is 0 Å². The van der Waals surface area contributed by atoms with Crippen molar-refractivity contribution in [2.45, 2.75) is 18.8 Å². The molecule has 3 aromatic rings. The van der Waals surface area contributed by atoms with Crippen molar-refractivity contribution in [3.05, 3.63) is 30.1 Å². The van der Waals surface area contributed by atoms with Crippen LogP contribution in [0.3, 0.4) is 0 Å². The molecule has 3 heterocycles. The quantitative estimate of drug-likeness (QED) is 0.777. The molecule has 0 saturated heterocycles.